The Morgan fingerprint density at radius 1 is 1.40 bits per heavy atom. The molecule has 0 fully saturated rings. The Morgan fingerprint density at radius 3 is 2.65 bits per heavy atom. The lowest BCUT2D eigenvalue weighted by atomic mass is 10.1. The number of aliphatic hydroxyl groups excluding tert-OH is 1. The zero-order valence-corrected chi connectivity index (χ0v) is 12.1. The van der Waals surface area contributed by atoms with Crippen LogP contribution in [0.3, 0.4) is 0 Å². The average molecular weight is 277 g/mol. The second-order valence-corrected chi connectivity index (χ2v) is 4.55. The first kappa shape index (κ1) is 16.4. The quantitative estimate of drug-likeness (QED) is 0.561. The summed E-state index contributed by atoms with van der Waals surface area (Å²) in [6, 6.07) is 9.98. The molecule has 4 nitrogen and oxygen atoms in total. The van der Waals surface area contributed by atoms with Crippen molar-refractivity contribution < 1.29 is 14.6 Å². The molecule has 20 heavy (non-hydrogen) atoms. The molecule has 0 aliphatic carbocycles. The van der Waals surface area contributed by atoms with Crippen molar-refractivity contribution in [2.24, 2.45) is 0 Å². The lowest BCUT2D eigenvalue weighted by Gasteiger charge is -2.15. The molecule has 110 valence electrons. The summed E-state index contributed by atoms with van der Waals surface area (Å²) in [5.74, 6) is -0.294. The number of hydrogen-bond donors (Lipinski definition) is 2. The Balaban J connectivity index is 2.49. The molecule has 1 rings (SSSR count). The van der Waals surface area contributed by atoms with Gasteiger partial charge >= 0.3 is 5.97 Å². The normalized spacial score (nSPS) is 13.1. The molecule has 0 saturated carbocycles. The van der Waals surface area contributed by atoms with Gasteiger partial charge in [0.1, 0.15) is 0 Å². The van der Waals surface area contributed by atoms with Crippen LogP contribution in [0.15, 0.2) is 42.0 Å². The fraction of sp³-hybridized carbons (Fsp3) is 0.438. The van der Waals surface area contributed by atoms with Crippen LogP contribution in [0.5, 0.6) is 0 Å². The van der Waals surface area contributed by atoms with Gasteiger partial charge < -0.3 is 15.2 Å². The summed E-state index contributed by atoms with van der Waals surface area (Å²) in [7, 11) is 1.38. The van der Waals surface area contributed by atoms with E-state index in [0.29, 0.717) is 18.5 Å². The minimum Gasteiger partial charge on any atom is -0.466 e. The molecule has 0 aliphatic heterocycles. The van der Waals surface area contributed by atoms with E-state index in [0.717, 1.165) is 6.42 Å². The van der Waals surface area contributed by atoms with Crippen molar-refractivity contribution in [1.29, 1.82) is 0 Å². The minimum absolute atomic E-state index is 0.0237. The van der Waals surface area contributed by atoms with Crippen molar-refractivity contribution >= 4 is 5.97 Å². The van der Waals surface area contributed by atoms with Gasteiger partial charge in [-0.15, -0.1) is 0 Å². The van der Waals surface area contributed by atoms with E-state index in [4.69, 9.17) is 4.74 Å². The van der Waals surface area contributed by atoms with Crippen LogP contribution in [0.4, 0.5) is 0 Å². The standard InChI is InChI=1S/C16H23NO3/c1-3-14(16(19)20-2)9-10-17-15(12-18)11-13-7-5-4-6-8-13/h4-9,15,17-18H,3,10-12H2,1-2H3/b14-9-. The molecule has 0 aromatic heterocycles. The molecule has 4 heteroatoms. The third-order valence-electron chi connectivity index (χ3n) is 3.13. The minimum atomic E-state index is -0.294. The number of hydrogen-bond acceptors (Lipinski definition) is 4. The van der Waals surface area contributed by atoms with Crippen molar-refractivity contribution in [3.63, 3.8) is 0 Å². The molecule has 1 aromatic carbocycles. The third-order valence-corrected chi connectivity index (χ3v) is 3.13. The van der Waals surface area contributed by atoms with Crippen LogP contribution in [0.25, 0.3) is 0 Å². The van der Waals surface area contributed by atoms with E-state index in [9.17, 15) is 9.90 Å². The highest BCUT2D eigenvalue weighted by Crippen LogP contribution is 2.04. The van der Waals surface area contributed by atoms with Gasteiger partial charge in [0.25, 0.3) is 0 Å². The summed E-state index contributed by atoms with van der Waals surface area (Å²) >= 11 is 0. The molecule has 1 aromatic rings. The van der Waals surface area contributed by atoms with Crippen molar-refractivity contribution in [3.8, 4) is 0 Å². The third kappa shape index (κ3) is 5.55. The summed E-state index contributed by atoms with van der Waals surface area (Å²) in [5.41, 5.74) is 1.82. The summed E-state index contributed by atoms with van der Waals surface area (Å²) < 4.78 is 4.70. The fourth-order valence-corrected chi connectivity index (χ4v) is 1.95. The topological polar surface area (TPSA) is 58.6 Å². The van der Waals surface area contributed by atoms with Gasteiger partial charge in [-0.05, 0) is 18.4 Å². The summed E-state index contributed by atoms with van der Waals surface area (Å²) in [5, 5.41) is 12.6. The predicted octanol–water partition coefficient (Wildman–Crippen LogP) is 1.69. The van der Waals surface area contributed by atoms with Crippen LogP contribution in [-0.2, 0) is 16.0 Å². The number of carbonyl (C=O) groups excluding carboxylic acids is 1. The van der Waals surface area contributed by atoms with Gasteiger partial charge in [0.05, 0.1) is 13.7 Å². The SMILES string of the molecule is CC/C(=C/CNC(CO)Cc1ccccc1)C(=O)OC. The van der Waals surface area contributed by atoms with Gasteiger partial charge in [-0.25, -0.2) is 4.79 Å². The summed E-state index contributed by atoms with van der Waals surface area (Å²) in [6.45, 7) is 2.51. The highest BCUT2D eigenvalue weighted by molar-refractivity contribution is 5.88. The lowest BCUT2D eigenvalue weighted by Crippen LogP contribution is -2.34. The van der Waals surface area contributed by atoms with Crippen LogP contribution < -0.4 is 5.32 Å². The van der Waals surface area contributed by atoms with Gasteiger partial charge in [0.2, 0.25) is 0 Å². The number of aliphatic hydroxyl groups is 1. The van der Waals surface area contributed by atoms with Crippen molar-refractivity contribution in [2.45, 2.75) is 25.8 Å². The van der Waals surface area contributed by atoms with Gasteiger partial charge in [0, 0.05) is 18.2 Å². The number of benzene rings is 1. The Labute approximate surface area is 120 Å². The number of nitrogens with one attached hydrogen (secondary N) is 1. The molecule has 1 unspecified atom stereocenters. The van der Waals surface area contributed by atoms with Crippen LogP contribution >= 0.6 is 0 Å². The molecular formula is C16H23NO3. The highest BCUT2D eigenvalue weighted by atomic mass is 16.5. The molecule has 0 saturated heterocycles. The largest absolute Gasteiger partial charge is 0.466 e. The molecule has 0 bridgehead atoms. The first-order valence-electron chi connectivity index (χ1n) is 6.86. The van der Waals surface area contributed by atoms with Crippen LogP contribution in [0, 0.1) is 0 Å². The Kier molecular flexibility index (Phi) is 7.62. The summed E-state index contributed by atoms with van der Waals surface area (Å²) in [4.78, 5) is 11.4. The van der Waals surface area contributed by atoms with Gasteiger partial charge in [-0.2, -0.15) is 0 Å². The molecular weight excluding hydrogens is 254 g/mol. The zero-order valence-electron chi connectivity index (χ0n) is 12.1. The van der Waals surface area contributed by atoms with E-state index in [1.165, 1.54) is 12.7 Å². The summed E-state index contributed by atoms with van der Waals surface area (Å²) in [6.07, 6.45) is 3.21. The van der Waals surface area contributed by atoms with Gasteiger partial charge in [-0.3, -0.25) is 0 Å². The Bertz CT molecular complexity index is 429. The fourth-order valence-electron chi connectivity index (χ4n) is 1.95. The monoisotopic (exact) mass is 277 g/mol. The molecule has 0 radical (unpaired) electrons. The molecule has 1 atom stereocenters. The van der Waals surface area contributed by atoms with Crippen molar-refractivity contribution in [1.82, 2.24) is 5.32 Å². The molecule has 0 spiro atoms. The van der Waals surface area contributed by atoms with E-state index < -0.39 is 0 Å². The number of methoxy groups -OCH3 is 1. The molecule has 2 N–H and O–H groups in total. The zero-order chi connectivity index (χ0) is 14.8. The average Bonchev–Trinajstić information content (AvgIpc) is 2.50. The van der Waals surface area contributed by atoms with Gasteiger partial charge in [-0.1, -0.05) is 43.3 Å². The van der Waals surface area contributed by atoms with E-state index in [2.05, 4.69) is 5.32 Å². The maximum Gasteiger partial charge on any atom is 0.333 e. The first-order chi connectivity index (χ1) is 9.71. The number of ether oxygens (including phenoxy) is 1. The Hall–Kier alpha value is -1.65. The van der Waals surface area contributed by atoms with Crippen LogP contribution in [0.2, 0.25) is 0 Å². The first-order valence-corrected chi connectivity index (χ1v) is 6.86. The molecule has 0 aliphatic rings. The van der Waals surface area contributed by atoms with Crippen LogP contribution in [0.1, 0.15) is 18.9 Å². The lowest BCUT2D eigenvalue weighted by molar-refractivity contribution is -0.136. The maximum absolute atomic E-state index is 11.4. The van der Waals surface area contributed by atoms with Crippen molar-refractivity contribution in [2.75, 3.05) is 20.3 Å². The molecule has 0 heterocycles. The smallest absolute Gasteiger partial charge is 0.333 e. The van der Waals surface area contributed by atoms with E-state index in [1.807, 2.05) is 43.3 Å². The second kappa shape index (κ2) is 9.28. The van der Waals surface area contributed by atoms with Crippen LogP contribution in [-0.4, -0.2) is 37.4 Å². The highest BCUT2D eigenvalue weighted by Gasteiger charge is 2.09. The second-order valence-electron chi connectivity index (χ2n) is 4.55. The van der Waals surface area contributed by atoms with E-state index in [1.54, 1.807) is 0 Å². The number of rotatable bonds is 8. The van der Waals surface area contributed by atoms with E-state index in [-0.39, 0.29) is 18.6 Å². The molecule has 0 amide bonds. The maximum atomic E-state index is 11.4. The predicted molar refractivity (Wildman–Crippen MR) is 79.4 cm³/mol. The number of carbonyl (C=O) groups is 1. The Morgan fingerprint density at radius 2 is 2.10 bits per heavy atom. The van der Waals surface area contributed by atoms with Crippen molar-refractivity contribution in [3.05, 3.63) is 47.5 Å². The number of esters is 1. The van der Waals surface area contributed by atoms with E-state index >= 15 is 0 Å². The van der Waals surface area contributed by atoms with Gasteiger partial charge in [0.15, 0.2) is 0 Å².